The largest absolute Gasteiger partial charge is 0.494 e. The monoisotopic (exact) mass is 412 g/mol. The summed E-state index contributed by atoms with van der Waals surface area (Å²) in [5.74, 6) is 1.20. The Labute approximate surface area is 170 Å². The summed E-state index contributed by atoms with van der Waals surface area (Å²) >= 11 is 0. The molecule has 0 unspecified atom stereocenters. The number of nitrogens with zero attached hydrogens (tertiary/aromatic N) is 1. The normalized spacial score (nSPS) is 12.4. The molecule has 1 aromatic carbocycles. The van der Waals surface area contributed by atoms with Gasteiger partial charge in [-0.05, 0) is 49.9 Å². The number of hydrogen-bond acceptors (Lipinski definition) is 4. The molecule has 0 saturated heterocycles. The first kappa shape index (κ1) is 24.3. The molecular weight excluding hydrogens is 376 g/mol. The Kier molecular flexibility index (Phi) is 11.0. The van der Waals surface area contributed by atoms with E-state index in [-0.39, 0.29) is 12.5 Å². The van der Waals surface area contributed by atoms with Crippen LogP contribution in [-0.4, -0.2) is 40.3 Å². The third kappa shape index (κ3) is 8.95. The first-order valence-corrected chi connectivity index (χ1v) is 12.1. The van der Waals surface area contributed by atoms with E-state index in [1.165, 1.54) is 17.0 Å². The van der Waals surface area contributed by atoms with Gasteiger partial charge in [-0.2, -0.15) is 0 Å². The van der Waals surface area contributed by atoms with Crippen molar-refractivity contribution >= 4 is 21.6 Å². The fourth-order valence-electron chi connectivity index (χ4n) is 3.03. The quantitative estimate of drug-likeness (QED) is 0.502. The van der Waals surface area contributed by atoms with Crippen molar-refractivity contribution in [2.24, 2.45) is 5.92 Å². The van der Waals surface area contributed by atoms with Crippen molar-refractivity contribution in [1.82, 2.24) is 5.32 Å². The molecule has 0 spiro atoms. The van der Waals surface area contributed by atoms with Crippen molar-refractivity contribution < 1.29 is 17.9 Å². The van der Waals surface area contributed by atoms with Crippen LogP contribution in [0.4, 0.5) is 5.69 Å². The van der Waals surface area contributed by atoms with Gasteiger partial charge in [-0.25, -0.2) is 8.42 Å². The van der Waals surface area contributed by atoms with Crippen molar-refractivity contribution in [3.8, 4) is 5.75 Å². The summed E-state index contributed by atoms with van der Waals surface area (Å²) < 4.78 is 31.1. The SMILES string of the molecule is CCCC[C@@H](CC)CNC(=O)CCCN(c1ccc(OCC)cc1)S(C)(=O)=O. The maximum atomic E-state index is 12.2. The summed E-state index contributed by atoms with van der Waals surface area (Å²) in [5, 5.41) is 2.99. The van der Waals surface area contributed by atoms with E-state index in [9.17, 15) is 13.2 Å². The third-order valence-corrected chi connectivity index (χ3v) is 5.93. The lowest BCUT2D eigenvalue weighted by Crippen LogP contribution is -2.33. The topological polar surface area (TPSA) is 75.7 Å². The molecule has 6 nitrogen and oxygen atoms in total. The number of amides is 1. The smallest absolute Gasteiger partial charge is 0.232 e. The van der Waals surface area contributed by atoms with Crippen LogP contribution in [0.15, 0.2) is 24.3 Å². The molecule has 0 fully saturated rings. The van der Waals surface area contributed by atoms with Gasteiger partial charge in [-0.1, -0.05) is 33.1 Å². The van der Waals surface area contributed by atoms with Gasteiger partial charge in [-0.15, -0.1) is 0 Å². The molecule has 1 aromatic rings. The summed E-state index contributed by atoms with van der Waals surface area (Å²) in [7, 11) is -3.42. The lowest BCUT2D eigenvalue weighted by atomic mass is 9.99. The van der Waals surface area contributed by atoms with Crippen molar-refractivity contribution in [2.75, 3.05) is 30.3 Å². The molecule has 0 bridgehead atoms. The van der Waals surface area contributed by atoms with E-state index < -0.39 is 10.0 Å². The Bertz CT molecular complexity index is 674. The number of ether oxygens (including phenoxy) is 1. The summed E-state index contributed by atoms with van der Waals surface area (Å²) in [6.45, 7) is 7.74. The van der Waals surface area contributed by atoms with Gasteiger partial charge in [0.25, 0.3) is 0 Å². The maximum absolute atomic E-state index is 12.2. The lowest BCUT2D eigenvalue weighted by Gasteiger charge is -2.22. The van der Waals surface area contributed by atoms with Crippen LogP contribution < -0.4 is 14.4 Å². The third-order valence-electron chi connectivity index (χ3n) is 4.73. The van der Waals surface area contributed by atoms with Crippen LogP contribution in [-0.2, 0) is 14.8 Å². The number of nitrogens with one attached hydrogen (secondary N) is 1. The van der Waals surface area contributed by atoms with E-state index >= 15 is 0 Å². The van der Waals surface area contributed by atoms with Crippen molar-refractivity contribution in [3.05, 3.63) is 24.3 Å². The molecule has 0 aliphatic rings. The van der Waals surface area contributed by atoms with Crippen LogP contribution >= 0.6 is 0 Å². The summed E-state index contributed by atoms with van der Waals surface area (Å²) in [6.07, 6.45) is 6.50. The molecule has 1 atom stereocenters. The Morgan fingerprint density at radius 3 is 2.36 bits per heavy atom. The van der Waals surface area contributed by atoms with E-state index in [4.69, 9.17) is 4.74 Å². The molecule has 1 amide bonds. The Morgan fingerprint density at radius 2 is 1.82 bits per heavy atom. The number of carbonyl (C=O) groups is 1. The molecule has 0 radical (unpaired) electrons. The second-order valence-electron chi connectivity index (χ2n) is 7.09. The van der Waals surface area contributed by atoms with Crippen LogP contribution in [0.2, 0.25) is 0 Å². The zero-order valence-electron chi connectivity index (χ0n) is 17.7. The summed E-state index contributed by atoms with van der Waals surface area (Å²) in [6, 6.07) is 6.97. The van der Waals surface area contributed by atoms with Crippen LogP contribution in [0.5, 0.6) is 5.75 Å². The van der Waals surface area contributed by atoms with Crippen molar-refractivity contribution in [2.45, 2.75) is 59.3 Å². The first-order valence-electron chi connectivity index (χ1n) is 10.3. The highest BCUT2D eigenvalue weighted by molar-refractivity contribution is 7.92. The molecule has 0 saturated carbocycles. The molecular formula is C21H36N2O4S. The van der Waals surface area contributed by atoms with E-state index in [0.717, 1.165) is 19.3 Å². The van der Waals surface area contributed by atoms with Gasteiger partial charge in [0.05, 0.1) is 18.6 Å². The highest BCUT2D eigenvalue weighted by atomic mass is 32.2. The maximum Gasteiger partial charge on any atom is 0.232 e. The number of carbonyl (C=O) groups excluding carboxylic acids is 1. The molecule has 28 heavy (non-hydrogen) atoms. The number of benzene rings is 1. The van der Waals surface area contributed by atoms with Crippen LogP contribution in [0.1, 0.15) is 59.3 Å². The fourth-order valence-corrected chi connectivity index (χ4v) is 4.00. The highest BCUT2D eigenvalue weighted by Crippen LogP contribution is 2.22. The van der Waals surface area contributed by atoms with E-state index in [0.29, 0.717) is 43.3 Å². The van der Waals surface area contributed by atoms with E-state index in [1.807, 2.05) is 6.92 Å². The zero-order valence-corrected chi connectivity index (χ0v) is 18.6. The lowest BCUT2D eigenvalue weighted by molar-refractivity contribution is -0.121. The minimum atomic E-state index is -3.42. The fraction of sp³-hybridized carbons (Fsp3) is 0.667. The van der Waals surface area contributed by atoms with Crippen LogP contribution in [0, 0.1) is 5.92 Å². The molecule has 0 aliphatic heterocycles. The van der Waals surface area contributed by atoms with Crippen molar-refractivity contribution in [1.29, 1.82) is 0 Å². The predicted octanol–water partition coefficient (Wildman–Crippen LogP) is 3.96. The number of hydrogen-bond donors (Lipinski definition) is 1. The first-order chi connectivity index (χ1) is 13.3. The van der Waals surface area contributed by atoms with Crippen LogP contribution in [0.3, 0.4) is 0 Å². The average molecular weight is 413 g/mol. The van der Waals surface area contributed by atoms with Gasteiger partial charge in [0, 0.05) is 19.5 Å². The average Bonchev–Trinajstić information content (AvgIpc) is 2.65. The predicted molar refractivity (Wildman–Crippen MR) is 115 cm³/mol. The second-order valence-corrected chi connectivity index (χ2v) is 8.99. The summed E-state index contributed by atoms with van der Waals surface area (Å²) in [4.78, 5) is 12.1. The molecule has 1 N–H and O–H groups in total. The minimum absolute atomic E-state index is 0.0184. The number of anilines is 1. The van der Waals surface area contributed by atoms with Gasteiger partial charge >= 0.3 is 0 Å². The molecule has 0 heterocycles. The number of sulfonamides is 1. The van der Waals surface area contributed by atoms with Gasteiger partial charge in [0.2, 0.25) is 15.9 Å². The second kappa shape index (κ2) is 12.6. The van der Waals surface area contributed by atoms with Gasteiger partial charge < -0.3 is 10.1 Å². The summed E-state index contributed by atoms with van der Waals surface area (Å²) in [5.41, 5.74) is 0.581. The van der Waals surface area contributed by atoms with E-state index in [1.54, 1.807) is 24.3 Å². The number of unbranched alkanes of at least 4 members (excludes halogenated alkanes) is 1. The van der Waals surface area contributed by atoms with E-state index in [2.05, 4.69) is 19.2 Å². The molecule has 7 heteroatoms. The molecule has 1 rings (SSSR count). The molecule has 0 aromatic heterocycles. The minimum Gasteiger partial charge on any atom is -0.494 e. The van der Waals surface area contributed by atoms with Gasteiger partial charge in [0.1, 0.15) is 5.75 Å². The zero-order chi connectivity index (χ0) is 21.0. The highest BCUT2D eigenvalue weighted by Gasteiger charge is 2.18. The molecule has 0 aliphatic carbocycles. The Balaban J connectivity index is 2.54. The van der Waals surface area contributed by atoms with Crippen molar-refractivity contribution in [3.63, 3.8) is 0 Å². The van der Waals surface area contributed by atoms with Gasteiger partial charge in [0.15, 0.2) is 0 Å². The number of rotatable bonds is 14. The Hall–Kier alpha value is -1.76. The van der Waals surface area contributed by atoms with Gasteiger partial charge in [-0.3, -0.25) is 9.10 Å². The van der Waals surface area contributed by atoms with Crippen LogP contribution in [0.25, 0.3) is 0 Å². The molecule has 160 valence electrons. The standard InChI is InChI=1S/C21H36N2O4S/c1-5-8-10-18(6-2)17-22-21(24)11-9-16-23(28(4,25)26)19-12-14-20(15-13-19)27-7-3/h12-15,18H,5-11,16-17H2,1-4H3,(H,22,24)/t18-/m1/s1. The Morgan fingerprint density at radius 1 is 1.14 bits per heavy atom.